The van der Waals surface area contributed by atoms with Gasteiger partial charge in [-0.05, 0) is 108 Å². The van der Waals surface area contributed by atoms with E-state index >= 15 is 0 Å². The summed E-state index contributed by atoms with van der Waals surface area (Å²) in [6.45, 7) is 22.9. The third kappa shape index (κ3) is 8.10. The van der Waals surface area contributed by atoms with Gasteiger partial charge in [0, 0.05) is 5.41 Å². The Kier molecular flexibility index (Phi) is 12.7. The van der Waals surface area contributed by atoms with Crippen LogP contribution in [0.2, 0.25) is 0 Å². The summed E-state index contributed by atoms with van der Waals surface area (Å²) >= 11 is 0. The van der Waals surface area contributed by atoms with Crippen molar-refractivity contribution in [3.63, 3.8) is 0 Å². The topological polar surface area (TPSA) is 0 Å². The molecular formula is C58H73B. The van der Waals surface area contributed by atoms with Gasteiger partial charge in [-0.2, -0.15) is 0 Å². The molecule has 5 aromatic carbocycles. The van der Waals surface area contributed by atoms with Gasteiger partial charge < -0.3 is 0 Å². The van der Waals surface area contributed by atoms with E-state index in [-0.39, 0.29) is 16.2 Å². The SMILES string of the molecule is Bc1ccc2c(c1)C(c1ccc(C(C)(C)C)cc1)(c1ccc(C(C)(C)C)cc1)c1cc3c(cc1-2)C(CCCCCCCC)(CCCCCCCC)c1cc(C=C)ccc1-3. The minimum atomic E-state index is -0.455. The van der Waals surface area contributed by atoms with E-state index in [9.17, 15) is 0 Å². The number of rotatable bonds is 17. The molecule has 0 N–H and O–H groups in total. The van der Waals surface area contributed by atoms with Gasteiger partial charge in [0.25, 0.3) is 0 Å². The van der Waals surface area contributed by atoms with E-state index in [2.05, 4.69) is 173 Å². The van der Waals surface area contributed by atoms with Crippen LogP contribution in [0, 0.1) is 0 Å². The molecule has 7 rings (SSSR count). The highest BCUT2D eigenvalue weighted by atomic mass is 14.5. The van der Waals surface area contributed by atoms with Gasteiger partial charge in [0.1, 0.15) is 7.85 Å². The van der Waals surface area contributed by atoms with E-state index in [4.69, 9.17) is 0 Å². The molecule has 0 aromatic heterocycles. The number of hydrogen-bond donors (Lipinski definition) is 0. The predicted octanol–water partition coefficient (Wildman–Crippen LogP) is 15.3. The lowest BCUT2D eigenvalue weighted by Crippen LogP contribution is -2.30. The molecule has 0 aliphatic heterocycles. The molecule has 0 amide bonds. The summed E-state index contributed by atoms with van der Waals surface area (Å²) in [7, 11) is 2.28. The maximum Gasteiger partial charge on any atom is 0.139 e. The molecule has 0 unspecified atom stereocenters. The maximum absolute atomic E-state index is 4.27. The van der Waals surface area contributed by atoms with Gasteiger partial charge in [0.05, 0.1) is 5.41 Å². The lowest BCUT2D eigenvalue weighted by molar-refractivity contribution is 0.398. The van der Waals surface area contributed by atoms with Crippen LogP contribution < -0.4 is 5.46 Å². The molecule has 2 aliphatic rings. The van der Waals surface area contributed by atoms with Crippen LogP contribution in [0.25, 0.3) is 28.3 Å². The average molecular weight is 781 g/mol. The molecule has 59 heavy (non-hydrogen) atoms. The Labute approximate surface area is 360 Å². The normalized spacial score (nSPS) is 14.8. The first-order valence-corrected chi connectivity index (χ1v) is 23.6. The second-order valence-electron chi connectivity index (χ2n) is 20.5. The highest BCUT2D eigenvalue weighted by molar-refractivity contribution is 6.32. The third-order valence-corrected chi connectivity index (χ3v) is 14.3. The van der Waals surface area contributed by atoms with Gasteiger partial charge >= 0.3 is 0 Å². The molecule has 0 nitrogen and oxygen atoms in total. The smallest absolute Gasteiger partial charge is 0.0985 e. The van der Waals surface area contributed by atoms with Crippen molar-refractivity contribution in [3.05, 3.63) is 154 Å². The Morgan fingerprint density at radius 2 is 0.898 bits per heavy atom. The summed E-state index contributed by atoms with van der Waals surface area (Å²) in [6, 6.07) is 39.5. The summed E-state index contributed by atoms with van der Waals surface area (Å²) in [4.78, 5) is 0. The lowest BCUT2D eigenvalue weighted by atomic mass is 9.65. The number of unbranched alkanes of at least 4 members (excludes halogenated alkanes) is 10. The van der Waals surface area contributed by atoms with Crippen LogP contribution in [-0.2, 0) is 21.7 Å². The Balaban J connectivity index is 1.49. The van der Waals surface area contributed by atoms with Crippen molar-refractivity contribution >= 4 is 19.4 Å². The van der Waals surface area contributed by atoms with Gasteiger partial charge in [-0.3, -0.25) is 0 Å². The summed E-state index contributed by atoms with van der Waals surface area (Å²) in [6.07, 6.45) is 20.3. The van der Waals surface area contributed by atoms with Crippen molar-refractivity contribution < 1.29 is 0 Å². The fraction of sp³-hybridized carbons (Fsp3) is 0.448. The molecule has 308 valence electrons. The zero-order valence-corrected chi connectivity index (χ0v) is 38.4. The van der Waals surface area contributed by atoms with E-state index < -0.39 is 5.41 Å². The zero-order valence-electron chi connectivity index (χ0n) is 38.4. The summed E-state index contributed by atoms with van der Waals surface area (Å²) in [5, 5.41) is 0. The van der Waals surface area contributed by atoms with E-state index in [1.165, 1.54) is 157 Å². The van der Waals surface area contributed by atoms with Crippen molar-refractivity contribution in [1.29, 1.82) is 0 Å². The fourth-order valence-electron chi connectivity index (χ4n) is 10.9. The summed E-state index contributed by atoms with van der Waals surface area (Å²) in [5.41, 5.74) is 19.4. The largest absolute Gasteiger partial charge is 0.139 e. The molecule has 0 saturated heterocycles. The second kappa shape index (κ2) is 17.5. The van der Waals surface area contributed by atoms with Gasteiger partial charge in [0.15, 0.2) is 0 Å². The standard InChI is InChI=1S/C58H73B/c1-10-13-15-17-19-21-35-57(36-22-20-18-16-14-11-2)51-37-41(12-3)23-33-47(51)49-40-54-50(39-52(49)57)48-34-32-46(59)38-53(48)58(54,44-28-24-42(25-29-44)55(4,5)6)45-30-26-43(27-31-45)56(7,8)9/h12,23-34,37-40H,3,10-11,13-22,35-36,59H2,1-2,4-9H3. The second-order valence-corrected chi connectivity index (χ2v) is 20.5. The number of fused-ring (bicyclic) bond motifs is 6. The third-order valence-electron chi connectivity index (χ3n) is 14.3. The van der Waals surface area contributed by atoms with Crippen LogP contribution in [0.4, 0.5) is 0 Å². The van der Waals surface area contributed by atoms with Crippen molar-refractivity contribution in [2.45, 2.75) is 167 Å². The van der Waals surface area contributed by atoms with Crippen LogP contribution in [-0.4, -0.2) is 7.85 Å². The highest BCUT2D eigenvalue weighted by Crippen LogP contribution is 2.62. The van der Waals surface area contributed by atoms with Crippen LogP contribution in [0.15, 0.2) is 104 Å². The average Bonchev–Trinajstić information content (AvgIpc) is 3.65. The lowest BCUT2D eigenvalue weighted by Gasteiger charge is -2.36. The van der Waals surface area contributed by atoms with E-state index in [1.807, 2.05) is 0 Å². The molecule has 2 aliphatic carbocycles. The molecule has 0 fully saturated rings. The minimum Gasteiger partial charge on any atom is -0.0985 e. The monoisotopic (exact) mass is 781 g/mol. The van der Waals surface area contributed by atoms with Crippen LogP contribution in [0.3, 0.4) is 0 Å². The predicted molar refractivity (Wildman–Crippen MR) is 262 cm³/mol. The Morgan fingerprint density at radius 1 is 0.475 bits per heavy atom. The first kappa shape index (κ1) is 43.0. The Bertz CT molecular complexity index is 2160. The molecule has 0 atom stereocenters. The maximum atomic E-state index is 4.27. The molecule has 0 saturated carbocycles. The van der Waals surface area contributed by atoms with Crippen LogP contribution in [0.5, 0.6) is 0 Å². The quantitative estimate of drug-likeness (QED) is 0.0639. The summed E-state index contributed by atoms with van der Waals surface area (Å²) < 4.78 is 0. The van der Waals surface area contributed by atoms with Crippen LogP contribution >= 0.6 is 0 Å². The van der Waals surface area contributed by atoms with Gasteiger partial charge in [-0.25, -0.2) is 0 Å². The van der Waals surface area contributed by atoms with Crippen LogP contribution in [0.1, 0.15) is 195 Å². The van der Waals surface area contributed by atoms with E-state index in [1.54, 1.807) is 11.1 Å². The molecule has 5 aromatic rings. The molecular weight excluding hydrogens is 707 g/mol. The van der Waals surface area contributed by atoms with Crippen molar-refractivity contribution in [3.8, 4) is 22.3 Å². The molecule has 0 spiro atoms. The molecule has 0 heterocycles. The molecule has 1 heteroatoms. The van der Waals surface area contributed by atoms with Gasteiger partial charge in [-0.1, -0.05) is 235 Å². The van der Waals surface area contributed by atoms with Crippen molar-refractivity contribution in [1.82, 2.24) is 0 Å². The van der Waals surface area contributed by atoms with Gasteiger partial charge in [-0.15, -0.1) is 0 Å². The Hall–Kier alpha value is -4.10. The minimum absolute atomic E-state index is 0.00689. The fourth-order valence-corrected chi connectivity index (χ4v) is 10.9. The Morgan fingerprint density at radius 3 is 1.41 bits per heavy atom. The van der Waals surface area contributed by atoms with Crippen molar-refractivity contribution in [2.75, 3.05) is 0 Å². The molecule has 0 bridgehead atoms. The van der Waals surface area contributed by atoms with E-state index in [0.717, 1.165) is 0 Å². The zero-order chi connectivity index (χ0) is 42.0. The van der Waals surface area contributed by atoms with Crippen molar-refractivity contribution in [2.24, 2.45) is 0 Å². The first-order valence-electron chi connectivity index (χ1n) is 23.6. The number of hydrogen-bond acceptors (Lipinski definition) is 0. The molecule has 0 radical (unpaired) electrons. The first-order chi connectivity index (χ1) is 28.3. The van der Waals surface area contributed by atoms with E-state index in [0.29, 0.717) is 0 Å². The number of benzene rings is 5. The van der Waals surface area contributed by atoms with Gasteiger partial charge in [0.2, 0.25) is 0 Å². The highest BCUT2D eigenvalue weighted by Gasteiger charge is 2.50. The summed E-state index contributed by atoms with van der Waals surface area (Å²) in [5.74, 6) is 0.